The van der Waals surface area contributed by atoms with E-state index in [1.165, 1.54) is 18.0 Å². The number of rotatable bonds is 4. The van der Waals surface area contributed by atoms with Gasteiger partial charge in [-0.3, -0.25) is 9.78 Å². The summed E-state index contributed by atoms with van der Waals surface area (Å²) in [5.74, 6) is 0. The van der Waals surface area contributed by atoms with E-state index in [0.717, 1.165) is 35.9 Å². The molecule has 1 fully saturated rings. The summed E-state index contributed by atoms with van der Waals surface area (Å²) in [7, 11) is 0. The molecule has 1 aromatic carbocycles. The van der Waals surface area contributed by atoms with Crippen molar-refractivity contribution >= 4 is 29.1 Å². The molecular formula is C17H22ClN5OS. The highest BCUT2D eigenvalue weighted by atomic mass is 35.5. The van der Waals surface area contributed by atoms with Crippen molar-refractivity contribution in [2.75, 3.05) is 30.4 Å². The van der Waals surface area contributed by atoms with Gasteiger partial charge in [0.1, 0.15) is 5.03 Å². The molecule has 0 atom stereocenters. The molecule has 0 radical (unpaired) electrons. The average molecular weight is 380 g/mol. The molecule has 0 aliphatic carbocycles. The van der Waals surface area contributed by atoms with E-state index in [0.29, 0.717) is 17.3 Å². The monoisotopic (exact) mass is 379 g/mol. The molecule has 0 amide bonds. The lowest BCUT2D eigenvalue weighted by atomic mass is 9.81. The fraction of sp³-hybridized carbons (Fsp3) is 0.412. The molecule has 1 aromatic heterocycles. The Morgan fingerprint density at radius 2 is 2.04 bits per heavy atom. The Bertz CT molecular complexity index is 817. The molecule has 0 unspecified atom stereocenters. The van der Waals surface area contributed by atoms with Crippen LogP contribution in [0.15, 0.2) is 45.3 Å². The molecule has 0 bridgehead atoms. The molecule has 1 aliphatic rings. The smallest absolute Gasteiger partial charge is 0.288 e. The number of nitrogen functional groups attached to an aromatic ring is 1. The summed E-state index contributed by atoms with van der Waals surface area (Å²) in [6, 6.07) is 5.31. The van der Waals surface area contributed by atoms with Crippen molar-refractivity contribution in [2.24, 2.45) is 11.1 Å². The zero-order chi connectivity index (χ0) is 18.0. The SMILES string of the molecule is CC1(CN)CCN(n2c(Sc3cc(N)ccc3Cl)cncc2=O)CC1. The van der Waals surface area contributed by atoms with E-state index in [2.05, 4.69) is 16.9 Å². The van der Waals surface area contributed by atoms with Crippen LogP contribution < -0.4 is 22.0 Å². The van der Waals surface area contributed by atoms with Gasteiger partial charge in [-0.2, -0.15) is 0 Å². The van der Waals surface area contributed by atoms with Gasteiger partial charge in [-0.1, -0.05) is 30.3 Å². The standard InChI is InChI=1S/C17H22ClN5OS/c1-17(11-19)4-6-22(7-5-17)23-15(24)9-21-10-16(23)25-14-8-12(20)2-3-13(14)18/h2-3,8-10H,4-7,11,19-20H2,1H3. The minimum absolute atomic E-state index is 0.137. The minimum atomic E-state index is -0.152. The van der Waals surface area contributed by atoms with Gasteiger partial charge in [-0.15, -0.1) is 0 Å². The van der Waals surface area contributed by atoms with Gasteiger partial charge in [0.05, 0.1) is 17.4 Å². The quantitative estimate of drug-likeness (QED) is 0.792. The van der Waals surface area contributed by atoms with Crippen LogP contribution in [0.3, 0.4) is 0 Å². The van der Waals surface area contributed by atoms with Crippen LogP contribution in [-0.2, 0) is 0 Å². The molecule has 3 rings (SSSR count). The summed E-state index contributed by atoms with van der Waals surface area (Å²) >= 11 is 7.66. The maximum absolute atomic E-state index is 12.5. The first-order valence-corrected chi connectivity index (χ1v) is 9.36. The van der Waals surface area contributed by atoms with Gasteiger partial charge in [-0.25, -0.2) is 4.68 Å². The molecular weight excluding hydrogens is 358 g/mol. The van der Waals surface area contributed by atoms with Crippen molar-refractivity contribution in [3.05, 3.63) is 46.0 Å². The van der Waals surface area contributed by atoms with Crippen molar-refractivity contribution < 1.29 is 0 Å². The van der Waals surface area contributed by atoms with E-state index in [1.807, 2.05) is 0 Å². The second-order valence-corrected chi connectivity index (χ2v) is 8.13. The number of anilines is 1. The number of piperidine rings is 1. The summed E-state index contributed by atoms with van der Waals surface area (Å²) in [5.41, 5.74) is 12.4. The van der Waals surface area contributed by atoms with E-state index >= 15 is 0 Å². The molecule has 2 heterocycles. The largest absolute Gasteiger partial charge is 0.399 e. The average Bonchev–Trinajstić information content (AvgIpc) is 2.60. The Hall–Kier alpha value is -1.70. The van der Waals surface area contributed by atoms with Gasteiger partial charge in [0.15, 0.2) is 0 Å². The topological polar surface area (TPSA) is 90.2 Å². The Balaban J connectivity index is 1.91. The van der Waals surface area contributed by atoms with Gasteiger partial charge < -0.3 is 16.5 Å². The predicted octanol–water partition coefficient (Wildman–Crippen LogP) is 2.33. The summed E-state index contributed by atoms with van der Waals surface area (Å²) in [6.45, 7) is 4.40. The van der Waals surface area contributed by atoms with Crippen molar-refractivity contribution in [3.63, 3.8) is 0 Å². The van der Waals surface area contributed by atoms with Gasteiger partial charge in [0, 0.05) is 23.7 Å². The van der Waals surface area contributed by atoms with E-state index in [4.69, 9.17) is 23.1 Å². The first-order valence-electron chi connectivity index (χ1n) is 8.17. The summed E-state index contributed by atoms with van der Waals surface area (Å²) in [5, 5.41) is 3.37. The third-order valence-corrected chi connectivity index (χ3v) is 6.17. The lowest BCUT2D eigenvalue weighted by molar-refractivity contribution is 0.234. The van der Waals surface area contributed by atoms with E-state index in [1.54, 1.807) is 29.1 Å². The Labute approximate surface area is 156 Å². The van der Waals surface area contributed by atoms with Crippen LogP contribution in [0.5, 0.6) is 0 Å². The zero-order valence-corrected chi connectivity index (χ0v) is 15.7. The molecule has 134 valence electrons. The second-order valence-electron chi connectivity index (χ2n) is 6.66. The predicted molar refractivity (Wildman–Crippen MR) is 103 cm³/mol. The van der Waals surface area contributed by atoms with Crippen LogP contribution >= 0.6 is 23.4 Å². The molecule has 6 nitrogen and oxygen atoms in total. The van der Waals surface area contributed by atoms with Crippen molar-refractivity contribution in [1.82, 2.24) is 9.66 Å². The van der Waals surface area contributed by atoms with E-state index in [-0.39, 0.29) is 11.0 Å². The fourth-order valence-electron chi connectivity index (χ4n) is 2.88. The van der Waals surface area contributed by atoms with Crippen LogP contribution in [-0.4, -0.2) is 29.3 Å². The third-order valence-electron chi connectivity index (χ3n) is 4.68. The van der Waals surface area contributed by atoms with Gasteiger partial charge in [-0.05, 0) is 43.0 Å². The summed E-state index contributed by atoms with van der Waals surface area (Å²) in [6.07, 6.45) is 4.91. The number of aromatic nitrogens is 2. The maximum atomic E-state index is 12.5. The molecule has 25 heavy (non-hydrogen) atoms. The highest BCUT2D eigenvalue weighted by molar-refractivity contribution is 7.99. The van der Waals surface area contributed by atoms with Gasteiger partial charge in [0.25, 0.3) is 5.56 Å². The van der Waals surface area contributed by atoms with Gasteiger partial charge >= 0.3 is 0 Å². The number of nitrogens with two attached hydrogens (primary N) is 2. The van der Waals surface area contributed by atoms with Crippen LogP contribution in [0.1, 0.15) is 19.8 Å². The van der Waals surface area contributed by atoms with Crippen LogP contribution in [0, 0.1) is 5.41 Å². The number of hydrogen-bond acceptors (Lipinski definition) is 6. The highest BCUT2D eigenvalue weighted by Gasteiger charge is 2.30. The number of nitrogens with zero attached hydrogens (tertiary/aromatic N) is 3. The van der Waals surface area contributed by atoms with Crippen molar-refractivity contribution in [1.29, 1.82) is 0 Å². The summed E-state index contributed by atoms with van der Waals surface area (Å²) in [4.78, 5) is 17.3. The normalized spacial score (nSPS) is 16.8. The molecule has 1 aliphatic heterocycles. The second kappa shape index (κ2) is 7.27. The lowest BCUT2D eigenvalue weighted by Gasteiger charge is -2.40. The number of benzene rings is 1. The number of hydrogen-bond donors (Lipinski definition) is 2. The molecule has 2 aromatic rings. The van der Waals surface area contributed by atoms with E-state index in [9.17, 15) is 4.79 Å². The Kier molecular flexibility index (Phi) is 5.27. The molecule has 1 saturated heterocycles. The van der Waals surface area contributed by atoms with Crippen molar-refractivity contribution in [2.45, 2.75) is 29.7 Å². The van der Waals surface area contributed by atoms with E-state index < -0.39 is 0 Å². The van der Waals surface area contributed by atoms with Crippen LogP contribution in [0.2, 0.25) is 5.02 Å². The number of halogens is 1. The minimum Gasteiger partial charge on any atom is -0.399 e. The highest BCUT2D eigenvalue weighted by Crippen LogP contribution is 2.35. The molecule has 8 heteroatoms. The first kappa shape index (κ1) is 18.1. The zero-order valence-electron chi connectivity index (χ0n) is 14.1. The Morgan fingerprint density at radius 3 is 2.72 bits per heavy atom. The maximum Gasteiger partial charge on any atom is 0.288 e. The van der Waals surface area contributed by atoms with Crippen LogP contribution in [0.25, 0.3) is 0 Å². The molecule has 0 spiro atoms. The van der Waals surface area contributed by atoms with Gasteiger partial charge in [0.2, 0.25) is 0 Å². The first-order chi connectivity index (χ1) is 11.9. The van der Waals surface area contributed by atoms with Crippen LogP contribution in [0.4, 0.5) is 5.69 Å². The summed E-state index contributed by atoms with van der Waals surface area (Å²) < 4.78 is 1.69. The Morgan fingerprint density at radius 1 is 1.32 bits per heavy atom. The van der Waals surface area contributed by atoms with Crippen molar-refractivity contribution in [3.8, 4) is 0 Å². The fourth-order valence-corrected chi connectivity index (χ4v) is 4.11. The lowest BCUT2D eigenvalue weighted by Crippen LogP contribution is -2.51. The molecule has 0 saturated carbocycles. The molecule has 4 N–H and O–H groups in total. The third kappa shape index (κ3) is 3.94.